The number of aromatic nitrogens is 3. The number of nitrogens with zero attached hydrogens (tertiary/aromatic N) is 3. The molecule has 2 aromatic carbocycles. The monoisotopic (exact) mass is 422 g/mol. The number of rotatable bonds is 5. The maximum atomic E-state index is 13.3. The summed E-state index contributed by atoms with van der Waals surface area (Å²) in [7, 11) is 0. The normalized spacial score (nSPS) is 11.0. The van der Waals surface area contributed by atoms with Crippen molar-refractivity contribution in [2.75, 3.05) is 0 Å². The molecule has 0 bridgehead atoms. The SMILES string of the molecule is NC(=O)c1cc(CF)cc(-c2ccn3c(-c4ccnc(-c5ccccc5)c4)cnc3c2)c1. The molecule has 156 valence electrons. The summed E-state index contributed by atoms with van der Waals surface area (Å²) < 4.78 is 15.3. The van der Waals surface area contributed by atoms with Gasteiger partial charge in [-0.3, -0.25) is 14.2 Å². The second kappa shape index (κ2) is 8.07. The molecular formula is C26H19FN4O. The second-order valence-electron chi connectivity index (χ2n) is 7.50. The predicted molar refractivity (Wildman–Crippen MR) is 123 cm³/mol. The molecule has 0 aliphatic carbocycles. The van der Waals surface area contributed by atoms with Gasteiger partial charge < -0.3 is 5.73 Å². The van der Waals surface area contributed by atoms with E-state index in [-0.39, 0.29) is 5.56 Å². The zero-order valence-corrected chi connectivity index (χ0v) is 17.1. The third-order valence-electron chi connectivity index (χ3n) is 5.40. The average molecular weight is 422 g/mol. The Kier molecular flexibility index (Phi) is 4.95. The van der Waals surface area contributed by atoms with E-state index >= 15 is 0 Å². The minimum atomic E-state index is -0.671. The summed E-state index contributed by atoms with van der Waals surface area (Å²) in [6.07, 6.45) is 5.52. The quantitative estimate of drug-likeness (QED) is 0.418. The largest absolute Gasteiger partial charge is 0.366 e. The van der Waals surface area contributed by atoms with E-state index in [2.05, 4.69) is 9.97 Å². The maximum Gasteiger partial charge on any atom is 0.248 e. The van der Waals surface area contributed by atoms with Gasteiger partial charge in [-0.15, -0.1) is 0 Å². The van der Waals surface area contributed by atoms with Gasteiger partial charge in [0.2, 0.25) is 5.91 Å². The number of amides is 1. The van der Waals surface area contributed by atoms with Crippen LogP contribution in [-0.4, -0.2) is 20.3 Å². The standard InChI is InChI=1S/C26H19FN4O/c27-15-17-10-21(12-22(11-17)26(28)32)19-7-9-31-24(16-30-25(31)14-19)20-6-8-29-23(13-20)18-4-2-1-3-5-18/h1-14,16H,15H2,(H2,28,32). The number of hydrogen-bond donors (Lipinski definition) is 1. The first kappa shape index (κ1) is 19.6. The lowest BCUT2D eigenvalue weighted by atomic mass is 10.0. The number of pyridine rings is 2. The molecule has 0 saturated heterocycles. The summed E-state index contributed by atoms with van der Waals surface area (Å²) >= 11 is 0. The number of benzene rings is 2. The predicted octanol–water partition coefficient (Wildman–Crippen LogP) is 5.30. The Labute approximate surface area is 184 Å². The van der Waals surface area contributed by atoms with Crippen LogP contribution in [0.4, 0.5) is 4.39 Å². The van der Waals surface area contributed by atoms with E-state index in [1.807, 2.05) is 71.4 Å². The number of alkyl halides is 1. The first-order chi connectivity index (χ1) is 15.6. The molecule has 0 radical (unpaired) electrons. The van der Waals surface area contributed by atoms with Crippen LogP contribution >= 0.6 is 0 Å². The van der Waals surface area contributed by atoms with Crippen molar-refractivity contribution in [1.82, 2.24) is 14.4 Å². The van der Waals surface area contributed by atoms with Crippen LogP contribution in [0, 0.1) is 0 Å². The molecule has 0 spiro atoms. The third-order valence-corrected chi connectivity index (χ3v) is 5.40. The Morgan fingerprint density at radius 2 is 1.72 bits per heavy atom. The van der Waals surface area contributed by atoms with Crippen molar-refractivity contribution in [2.24, 2.45) is 5.73 Å². The highest BCUT2D eigenvalue weighted by Crippen LogP contribution is 2.28. The van der Waals surface area contributed by atoms with Gasteiger partial charge in [0.15, 0.2) is 0 Å². The number of primary amides is 1. The molecule has 0 fully saturated rings. The molecule has 1 amide bonds. The van der Waals surface area contributed by atoms with Crippen molar-refractivity contribution in [2.45, 2.75) is 6.67 Å². The fourth-order valence-corrected chi connectivity index (χ4v) is 3.81. The highest BCUT2D eigenvalue weighted by molar-refractivity contribution is 5.94. The maximum absolute atomic E-state index is 13.3. The molecule has 5 aromatic rings. The highest BCUT2D eigenvalue weighted by atomic mass is 19.1. The molecule has 3 aromatic heterocycles. The molecule has 3 heterocycles. The van der Waals surface area contributed by atoms with Gasteiger partial charge in [-0.1, -0.05) is 30.3 Å². The zero-order chi connectivity index (χ0) is 22.1. The van der Waals surface area contributed by atoms with Crippen LogP contribution < -0.4 is 5.73 Å². The van der Waals surface area contributed by atoms with Gasteiger partial charge in [-0.2, -0.15) is 0 Å². The van der Waals surface area contributed by atoms with Crippen LogP contribution in [0.25, 0.3) is 39.3 Å². The summed E-state index contributed by atoms with van der Waals surface area (Å²) in [6, 6.07) is 22.7. The molecule has 0 unspecified atom stereocenters. The van der Waals surface area contributed by atoms with Crippen molar-refractivity contribution < 1.29 is 9.18 Å². The van der Waals surface area contributed by atoms with Crippen molar-refractivity contribution in [3.8, 4) is 33.6 Å². The molecule has 32 heavy (non-hydrogen) atoms. The van der Waals surface area contributed by atoms with Gasteiger partial charge in [-0.05, 0) is 59.2 Å². The van der Waals surface area contributed by atoms with E-state index in [1.54, 1.807) is 18.3 Å². The molecule has 5 nitrogen and oxygen atoms in total. The molecule has 6 heteroatoms. The van der Waals surface area contributed by atoms with Gasteiger partial charge in [0.05, 0.1) is 17.6 Å². The van der Waals surface area contributed by atoms with E-state index in [0.29, 0.717) is 5.56 Å². The Morgan fingerprint density at radius 3 is 2.50 bits per heavy atom. The van der Waals surface area contributed by atoms with Crippen LogP contribution in [0.15, 0.2) is 91.4 Å². The van der Waals surface area contributed by atoms with Crippen molar-refractivity contribution >= 4 is 11.6 Å². The van der Waals surface area contributed by atoms with Gasteiger partial charge >= 0.3 is 0 Å². The Balaban J connectivity index is 1.56. The molecule has 0 aliphatic heterocycles. The number of halogens is 1. The molecule has 0 atom stereocenters. The number of fused-ring (bicyclic) bond motifs is 1. The fraction of sp³-hybridized carbons (Fsp3) is 0.0385. The molecule has 2 N–H and O–H groups in total. The van der Waals surface area contributed by atoms with E-state index in [4.69, 9.17) is 5.73 Å². The molecule has 0 aliphatic rings. The lowest BCUT2D eigenvalue weighted by Crippen LogP contribution is -2.11. The summed E-state index contributed by atoms with van der Waals surface area (Å²) in [6.45, 7) is -0.671. The van der Waals surface area contributed by atoms with E-state index in [9.17, 15) is 9.18 Å². The van der Waals surface area contributed by atoms with Gasteiger partial charge in [0.1, 0.15) is 12.3 Å². The summed E-state index contributed by atoms with van der Waals surface area (Å²) in [5, 5.41) is 0. The Bertz CT molecular complexity index is 1440. The molecule has 5 rings (SSSR count). The topological polar surface area (TPSA) is 73.3 Å². The van der Waals surface area contributed by atoms with E-state index in [1.165, 1.54) is 6.07 Å². The minimum Gasteiger partial charge on any atom is -0.366 e. The summed E-state index contributed by atoms with van der Waals surface area (Å²) in [5.74, 6) is -0.586. The number of nitrogens with two attached hydrogens (primary N) is 1. The van der Waals surface area contributed by atoms with Crippen LogP contribution in [0.3, 0.4) is 0 Å². The first-order valence-electron chi connectivity index (χ1n) is 10.1. The summed E-state index contributed by atoms with van der Waals surface area (Å²) in [5.41, 5.74) is 12.2. The minimum absolute atomic E-state index is 0.282. The number of imidazole rings is 1. The molecular weight excluding hydrogens is 403 g/mol. The van der Waals surface area contributed by atoms with E-state index < -0.39 is 12.6 Å². The Hall–Kier alpha value is -4.32. The van der Waals surface area contributed by atoms with Crippen LogP contribution in [-0.2, 0) is 6.67 Å². The first-order valence-corrected chi connectivity index (χ1v) is 10.1. The smallest absolute Gasteiger partial charge is 0.248 e. The van der Waals surface area contributed by atoms with E-state index in [0.717, 1.165) is 39.3 Å². The zero-order valence-electron chi connectivity index (χ0n) is 17.1. The van der Waals surface area contributed by atoms with Crippen molar-refractivity contribution in [1.29, 1.82) is 0 Å². The van der Waals surface area contributed by atoms with Gasteiger partial charge in [-0.25, -0.2) is 9.37 Å². The highest BCUT2D eigenvalue weighted by Gasteiger charge is 2.11. The lowest BCUT2D eigenvalue weighted by molar-refractivity contribution is 0.1000. The van der Waals surface area contributed by atoms with Gasteiger partial charge in [0, 0.05) is 29.1 Å². The van der Waals surface area contributed by atoms with Crippen LogP contribution in [0.1, 0.15) is 15.9 Å². The molecule has 0 saturated carbocycles. The number of carbonyl (C=O) groups excluding carboxylic acids is 1. The Morgan fingerprint density at radius 1 is 0.875 bits per heavy atom. The second-order valence-corrected chi connectivity index (χ2v) is 7.50. The number of hydrogen-bond acceptors (Lipinski definition) is 3. The third kappa shape index (κ3) is 3.63. The lowest BCUT2D eigenvalue weighted by Gasteiger charge is -2.09. The average Bonchev–Trinajstić information content (AvgIpc) is 3.27. The number of carbonyl (C=O) groups is 1. The summed E-state index contributed by atoms with van der Waals surface area (Å²) in [4.78, 5) is 20.7. The van der Waals surface area contributed by atoms with Gasteiger partial charge in [0.25, 0.3) is 0 Å². The van der Waals surface area contributed by atoms with Crippen LogP contribution in [0.5, 0.6) is 0 Å². The fourth-order valence-electron chi connectivity index (χ4n) is 3.81. The van der Waals surface area contributed by atoms with Crippen molar-refractivity contribution in [3.63, 3.8) is 0 Å². The van der Waals surface area contributed by atoms with Crippen LogP contribution in [0.2, 0.25) is 0 Å². The van der Waals surface area contributed by atoms with Crippen molar-refractivity contribution in [3.05, 3.63) is 103 Å².